The Morgan fingerprint density at radius 2 is 2.19 bits per heavy atom. The summed E-state index contributed by atoms with van der Waals surface area (Å²) in [7, 11) is 1.54. The first kappa shape index (κ1) is 11.7. The summed E-state index contributed by atoms with van der Waals surface area (Å²) in [4.78, 5) is 11.2. The van der Waals surface area contributed by atoms with E-state index < -0.39 is 11.4 Å². The number of carboxylic acid groups (broad SMARTS) is 1. The number of rotatable bonds is 3. The van der Waals surface area contributed by atoms with Crippen LogP contribution in [-0.2, 0) is 10.2 Å². The quantitative estimate of drug-likeness (QED) is 0.932. The third-order valence-corrected chi connectivity index (χ3v) is 3.85. The molecule has 16 heavy (non-hydrogen) atoms. The van der Waals surface area contributed by atoms with Crippen molar-refractivity contribution in [2.24, 2.45) is 0 Å². The Balaban J connectivity index is 2.51. The van der Waals surface area contributed by atoms with Crippen LogP contribution in [0, 0.1) is 0 Å². The maximum atomic E-state index is 11.2. The van der Waals surface area contributed by atoms with Crippen molar-refractivity contribution in [1.82, 2.24) is 0 Å². The zero-order valence-corrected chi connectivity index (χ0v) is 10.9. The average Bonchev–Trinajstić information content (AvgIpc) is 3.01. The summed E-state index contributed by atoms with van der Waals surface area (Å²) >= 11 is 9.42. The summed E-state index contributed by atoms with van der Waals surface area (Å²) in [6.45, 7) is 0. The highest BCUT2D eigenvalue weighted by Crippen LogP contribution is 2.52. The largest absolute Gasteiger partial charge is 0.496 e. The molecule has 1 aromatic rings. The number of hydrogen-bond donors (Lipinski definition) is 1. The molecule has 0 radical (unpaired) electrons. The van der Waals surface area contributed by atoms with Gasteiger partial charge in [-0.3, -0.25) is 4.79 Å². The molecule has 1 aliphatic rings. The Labute approximate surface area is 106 Å². The molecule has 0 spiro atoms. The second-order valence-corrected chi connectivity index (χ2v) is 5.12. The van der Waals surface area contributed by atoms with E-state index in [2.05, 4.69) is 15.9 Å². The standard InChI is InChI=1S/C11H10BrClO3/c1-16-9-5-8(13)6(4-7(9)12)11(2-3-11)10(14)15/h4-5H,2-3H2,1H3,(H,14,15). The lowest BCUT2D eigenvalue weighted by atomic mass is 9.96. The molecule has 1 aromatic carbocycles. The lowest BCUT2D eigenvalue weighted by molar-refractivity contribution is -0.140. The summed E-state index contributed by atoms with van der Waals surface area (Å²) in [5, 5.41) is 9.64. The maximum absolute atomic E-state index is 11.2. The Morgan fingerprint density at radius 1 is 1.56 bits per heavy atom. The van der Waals surface area contributed by atoms with Gasteiger partial charge in [-0.25, -0.2) is 0 Å². The van der Waals surface area contributed by atoms with Crippen molar-refractivity contribution in [2.45, 2.75) is 18.3 Å². The van der Waals surface area contributed by atoms with E-state index in [1.165, 1.54) is 0 Å². The molecule has 3 nitrogen and oxygen atoms in total. The van der Waals surface area contributed by atoms with Gasteiger partial charge in [-0.05, 0) is 40.4 Å². The molecule has 2 rings (SSSR count). The van der Waals surface area contributed by atoms with Crippen LogP contribution < -0.4 is 4.74 Å². The topological polar surface area (TPSA) is 46.5 Å². The Morgan fingerprint density at radius 3 is 2.62 bits per heavy atom. The highest BCUT2D eigenvalue weighted by Gasteiger charge is 2.53. The van der Waals surface area contributed by atoms with Gasteiger partial charge in [0.1, 0.15) is 5.75 Å². The first-order valence-corrected chi connectivity index (χ1v) is 5.95. The van der Waals surface area contributed by atoms with Crippen LogP contribution in [0.4, 0.5) is 0 Å². The van der Waals surface area contributed by atoms with Gasteiger partial charge in [0, 0.05) is 11.1 Å². The first-order valence-electron chi connectivity index (χ1n) is 4.78. The van der Waals surface area contributed by atoms with E-state index in [1.807, 2.05) is 0 Å². The second kappa shape index (κ2) is 3.93. The molecule has 0 heterocycles. The number of hydrogen-bond acceptors (Lipinski definition) is 2. The summed E-state index contributed by atoms with van der Waals surface area (Å²) in [6, 6.07) is 3.38. The van der Waals surface area contributed by atoms with Crippen molar-refractivity contribution in [3.8, 4) is 5.75 Å². The van der Waals surface area contributed by atoms with Crippen LogP contribution in [0.2, 0.25) is 5.02 Å². The minimum atomic E-state index is -0.813. The minimum absolute atomic E-state index is 0.444. The normalized spacial score (nSPS) is 16.9. The summed E-state index contributed by atoms with van der Waals surface area (Å²) in [5.74, 6) is -0.207. The van der Waals surface area contributed by atoms with Gasteiger partial charge in [-0.2, -0.15) is 0 Å². The van der Waals surface area contributed by atoms with E-state index in [0.29, 0.717) is 29.2 Å². The highest BCUT2D eigenvalue weighted by molar-refractivity contribution is 9.10. The Hall–Kier alpha value is -0.740. The van der Waals surface area contributed by atoms with E-state index in [1.54, 1.807) is 19.2 Å². The van der Waals surface area contributed by atoms with Gasteiger partial charge in [-0.15, -0.1) is 0 Å². The van der Waals surface area contributed by atoms with Gasteiger partial charge in [0.2, 0.25) is 0 Å². The van der Waals surface area contributed by atoms with Crippen molar-refractivity contribution in [3.05, 3.63) is 27.2 Å². The molecule has 86 valence electrons. The summed E-state index contributed by atoms with van der Waals surface area (Å²) in [6.07, 6.45) is 1.28. The molecule has 5 heteroatoms. The monoisotopic (exact) mass is 304 g/mol. The number of ether oxygens (including phenoxy) is 1. The third kappa shape index (κ3) is 1.70. The van der Waals surface area contributed by atoms with Crippen LogP contribution in [0.1, 0.15) is 18.4 Å². The SMILES string of the molecule is COc1cc(Cl)c(C2(C(=O)O)CC2)cc1Br. The molecule has 1 fully saturated rings. The van der Waals surface area contributed by atoms with Gasteiger partial charge >= 0.3 is 5.97 Å². The molecule has 0 aromatic heterocycles. The third-order valence-electron chi connectivity index (χ3n) is 2.92. The number of carbonyl (C=O) groups is 1. The van der Waals surface area contributed by atoms with Crippen LogP contribution in [0.25, 0.3) is 0 Å². The van der Waals surface area contributed by atoms with Gasteiger partial charge in [0.25, 0.3) is 0 Å². The zero-order valence-electron chi connectivity index (χ0n) is 8.59. The van der Waals surface area contributed by atoms with Crippen LogP contribution in [0.15, 0.2) is 16.6 Å². The second-order valence-electron chi connectivity index (χ2n) is 3.85. The molecule has 0 bridgehead atoms. The Kier molecular flexibility index (Phi) is 2.88. The molecule has 0 saturated heterocycles. The molecule has 1 aliphatic carbocycles. The van der Waals surface area contributed by atoms with Crippen molar-refractivity contribution in [1.29, 1.82) is 0 Å². The minimum Gasteiger partial charge on any atom is -0.496 e. The summed E-state index contributed by atoms with van der Waals surface area (Å²) < 4.78 is 5.82. The van der Waals surface area contributed by atoms with Crippen molar-refractivity contribution < 1.29 is 14.6 Å². The lowest BCUT2D eigenvalue weighted by Gasteiger charge is -2.14. The van der Waals surface area contributed by atoms with Gasteiger partial charge in [-0.1, -0.05) is 11.6 Å². The van der Waals surface area contributed by atoms with Crippen molar-refractivity contribution in [2.75, 3.05) is 7.11 Å². The van der Waals surface area contributed by atoms with E-state index in [9.17, 15) is 9.90 Å². The fraction of sp³-hybridized carbons (Fsp3) is 0.364. The molecule has 0 amide bonds. The van der Waals surface area contributed by atoms with Crippen molar-refractivity contribution >= 4 is 33.5 Å². The molecular weight excluding hydrogens is 295 g/mol. The first-order chi connectivity index (χ1) is 7.51. The predicted molar refractivity (Wildman–Crippen MR) is 64.3 cm³/mol. The highest BCUT2D eigenvalue weighted by atomic mass is 79.9. The average molecular weight is 306 g/mol. The Bertz CT molecular complexity index is 455. The van der Waals surface area contributed by atoms with Crippen LogP contribution >= 0.6 is 27.5 Å². The number of halogens is 2. The fourth-order valence-corrected chi connectivity index (χ4v) is 2.61. The van der Waals surface area contributed by atoms with Crippen LogP contribution in [0.5, 0.6) is 5.75 Å². The van der Waals surface area contributed by atoms with Crippen LogP contribution in [-0.4, -0.2) is 18.2 Å². The summed E-state index contributed by atoms with van der Waals surface area (Å²) in [5.41, 5.74) is -0.124. The number of benzene rings is 1. The van der Waals surface area contributed by atoms with E-state index in [4.69, 9.17) is 16.3 Å². The van der Waals surface area contributed by atoms with E-state index >= 15 is 0 Å². The molecular formula is C11H10BrClO3. The van der Waals surface area contributed by atoms with Gasteiger partial charge in [0.15, 0.2) is 0 Å². The molecule has 0 unspecified atom stereocenters. The fourth-order valence-electron chi connectivity index (χ4n) is 1.78. The maximum Gasteiger partial charge on any atom is 0.314 e. The number of aliphatic carboxylic acids is 1. The number of methoxy groups -OCH3 is 1. The molecule has 1 N–H and O–H groups in total. The molecule has 0 aliphatic heterocycles. The van der Waals surface area contributed by atoms with Crippen molar-refractivity contribution in [3.63, 3.8) is 0 Å². The lowest BCUT2D eigenvalue weighted by Crippen LogP contribution is -2.20. The predicted octanol–water partition coefficient (Wildman–Crippen LogP) is 3.23. The van der Waals surface area contributed by atoms with E-state index in [0.717, 1.165) is 4.47 Å². The van der Waals surface area contributed by atoms with Gasteiger partial charge in [0.05, 0.1) is 17.0 Å². The zero-order chi connectivity index (χ0) is 11.9. The van der Waals surface area contributed by atoms with Gasteiger partial charge < -0.3 is 9.84 Å². The van der Waals surface area contributed by atoms with Crippen LogP contribution in [0.3, 0.4) is 0 Å². The molecule has 1 saturated carbocycles. The smallest absolute Gasteiger partial charge is 0.314 e. The molecule has 0 atom stereocenters. The van der Waals surface area contributed by atoms with E-state index in [-0.39, 0.29) is 0 Å². The number of carboxylic acids is 1.